The first-order chi connectivity index (χ1) is 11.9. The molecule has 0 radical (unpaired) electrons. The molecule has 0 aromatic heterocycles. The van der Waals surface area contributed by atoms with Gasteiger partial charge in [-0.1, -0.05) is 12.8 Å². The van der Waals surface area contributed by atoms with Gasteiger partial charge in [-0.15, -0.1) is 0 Å². The lowest BCUT2D eigenvalue weighted by Gasteiger charge is -2.16. The lowest BCUT2D eigenvalue weighted by molar-refractivity contribution is -0.148. The molecule has 1 aliphatic heterocycles. The van der Waals surface area contributed by atoms with E-state index in [4.69, 9.17) is 18.9 Å². The molecule has 0 bridgehead atoms. The molecule has 1 aliphatic rings. The quantitative estimate of drug-likeness (QED) is 0.391. The van der Waals surface area contributed by atoms with Crippen LogP contribution in [0.2, 0.25) is 0 Å². The highest BCUT2D eigenvalue weighted by Gasteiger charge is 2.40. The van der Waals surface area contributed by atoms with Gasteiger partial charge < -0.3 is 18.9 Å². The summed E-state index contributed by atoms with van der Waals surface area (Å²) in [5, 5.41) is 0. The minimum atomic E-state index is -0.572. The molecule has 0 aromatic carbocycles. The van der Waals surface area contributed by atoms with E-state index in [9.17, 15) is 9.59 Å². The van der Waals surface area contributed by atoms with E-state index < -0.39 is 5.79 Å². The Morgan fingerprint density at radius 2 is 1.20 bits per heavy atom. The van der Waals surface area contributed by atoms with E-state index in [1.807, 2.05) is 27.7 Å². The van der Waals surface area contributed by atoms with Crippen LogP contribution in [0.15, 0.2) is 0 Å². The Bertz CT molecular complexity index is 371. The van der Waals surface area contributed by atoms with Gasteiger partial charge in [0.25, 0.3) is 0 Å². The third-order valence-electron chi connectivity index (χ3n) is 4.13. The van der Waals surface area contributed by atoms with Gasteiger partial charge in [0.15, 0.2) is 5.79 Å². The first-order valence-electron chi connectivity index (χ1n) is 9.54. The summed E-state index contributed by atoms with van der Waals surface area (Å²) in [6, 6.07) is 0. The molecule has 6 nitrogen and oxygen atoms in total. The fourth-order valence-electron chi connectivity index (χ4n) is 3.09. The molecule has 1 heterocycles. The SMILES string of the molecule is CCOC(=O)CCCC[C@@H]1OC(C)(C)O[C@H]1CCCCC(=O)OCC. The van der Waals surface area contributed by atoms with E-state index in [1.54, 1.807) is 0 Å². The van der Waals surface area contributed by atoms with Crippen LogP contribution < -0.4 is 0 Å². The third-order valence-corrected chi connectivity index (χ3v) is 4.13. The Morgan fingerprint density at radius 3 is 1.56 bits per heavy atom. The zero-order chi connectivity index (χ0) is 18.7. The summed E-state index contributed by atoms with van der Waals surface area (Å²) in [5.74, 6) is -0.846. The molecule has 0 unspecified atom stereocenters. The number of hydrogen-bond acceptors (Lipinski definition) is 6. The summed E-state index contributed by atoms with van der Waals surface area (Å²) in [6.45, 7) is 8.35. The van der Waals surface area contributed by atoms with Crippen LogP contribution in [0, 0.1) is 0 Å². The number of unbranched alkanes of at least 4 members (excludes halogenated alkanes) is 2. The smallest absolute Gasteiger partial charge is 0.305 e. The second-order valence-corrected chi connectivity index (χ2v) is 6.81. The monoisotopic (exact) mass is 358 g/mol. The molecule has 2 atom stereocenters. The highest BCUT2D eigenvalue weighted by atomic mass is 16.7. The molecule has 6 heteroatoms. The van der Waals surface area contributed by atoms with Crippen LogP contribution in [0.4, 0.5) is 0 Å². The molecule has 0 aromatic rings. The van der Waals surface area contributed by atoms with Gasteiger partial charge in [0, 0.05) is 12.8 Å². The fourth-order valence-corrected chi connectivity index (χ4v) is 3.09. The van der Waals surface area contributed by atoms with Crippen molar-refractivity contribution in [2.45, 2.75) is 97.1 Å². The van der Waals surface area contributed by atoms with E-state index in [2.05, 4.69) is 0 Å². The number of rotatable bonds is 12. The van der Waals surface area contributed by atoms with Crippen molar-refractivity contribution in [2.75, 3.05) is 13.2 Å². The Labute approximate surface area is 151 Å². The maximum atomic E-state index is 11.4. The van der Waals surface area contributed by atoms with Crippen LogP contribution in [0.25, 0.3) is 0 Å². The highest BCUT2D eigenvalue weighted by Crippen LogP contribution is 2.33. The van der Waals surface area contributed by atoms with Crippen LogP contribution >= 0.6 is 0 Å². The first kappa shape index (κ1) is 21.9. The summed E-state index contributed by atoms with van der Waals surface area (Å²) >= 11 is 0. The van der Waals surface area contributed by atoms with Crippen molar-refractivity contribution in [1.29, 1.82) is 0 Å². The van der Waals surface area contributed by atoms with E-state index >= 15 is 0 Å². The van der Waals surface area contributed by atoms with E-state index in [0.717, 1.165) is 38.5 Å². The van der Waals surface area contributed by atoms with Crippen molar-refractivity contribution in [2.24, 2.45) is 0 Å². The van der Waals surface area contributed by atoms with E-state index in [-0.39, 0.29) is 24.1 Å². The summed E-state index contributed by atoms with van der Waals surface area (Å²) in [6.07, 6.45) is 6.13. The number of esters is 2. The zero-order valence-corrected chi connectivity index (χ0v) is 16.2. The van der Waals surface area contributed by atoms with Crippen LogP contribution in [0.5, 0.6) is 0 Å². The lowest BCUT2D eigenvalue weighted by Crippen LogP contribution is -2.22. The molecule has 1 saturated heterocycles. The molecular weight excluding hydrogens is 324 g/mol. The Balaban J connectivity index is 2.28. The third kappa shape index (κ3) is 9.21. The maximum absolute atomic E-state index is 11.4. The topological polar surface area (TPSA) is 71.1 Å². The van der Waals surface area contributed by atoms with E-state index in [0.29, 0.717) is 26.1 Å². The van der Waals surface area contributed by atoms with Gasteiger partial charge in [0.05, 0.1) is 25.4 Å². The van der Waals surface area contributed by atoms with Crippen LogP contribution in [-0.4, -0.2) is 43.1 Å². The molecule has 25 heavy (non-hydrogen) atoms. The summed E-state index contributed by atoms with van der Waals surface area (Å²) < 4.78 is 21.9. The number of ether oxygens (including phenoxy) is 4. The van der Waals surface area contributed by atoms with Crippen LogP contribution in [0.1, 0.15) is 79.1 Å². The van der Waals surface area contributed by atoms with Gasteiger partial charge in [-0.05, 0) is 53.4 Å². The molecule has 146 valence electrons. The van der Waals surface area contributed by atoms with Gasteiger partial charge in [0.2, 0.25) is 0 Å². The molecule has 1 fully saturated rings. The zero-order valence-electron chi connectivity index (χ0n) is 16.2. The van der Waals surface area contributed by atoms with Gasteiger partial charge >= 0.3 is 11.9 Å². The molecule has 0 N–H and O–H groups in total. The average molecular weight is 358 g/mol. The van der Waals surface area contributed by atoms with Crippen molar-refractivity contribution in [3.05, 3.63) is 0 Å². The van der Waals surface area contributed by atoms with E-state index in [1.165, 1.54) is 0 Å². The second-order valence-electron chi connectivity index (χ2n) is 6.81. The summed E-state index contributed by atoms with van der Waals surface area (Å²) in [5.41, 5.74) is 0. The van der Waals surface area contributed by atoms with Crippen LogP contribution in [0.3, 0.4) is 0 Å². The average Bonchev–Trinajstić information content (AvgIpc) is 2.83. The van der Waals surface area contributed by atoms with Crippen molar-refractivity contribution in [3.8, 4) is 0 Å². The maximum Gasteiger partial charge on any atom is 0.305 e. The minimum Gasteiger partial charge on any atom is -0.466 e. The number of carbonyl (C=O) groups excluding carboxylic acids is 2. The molecular formula is C19H34O6. The van der Waals surface area contributed by atoms with Crippen LogP contribution in [-0.2, 0) is 28.5 Å². The second kappa shape index (κ2) is 11.5. The molecule has 0 aliphatic carbocycles. The molecule has 1 rings (SSSR count). The Kier molecular flexibility index (Phi) is 10.0. The number of carbonyl (C=O) groups is 2. The van der Waals surface area contributed by atoms with Crippen molar-refractivity contribution >= 4 is 11.9 Å². The standard InChI is InChI=1S/C19H34O6/c1-5-22-17(20)13-9-7-11-15-16(25-19(3,4)24-15)12-8-10-14-18(21)23-6-2/h15-16H,5-14H2,1-4H3/t15-,16-/m0/s1. The predicted molar refractivity (Wildman–Crippen MR) is 94.0 cm³/mol. The molecule has 0 amide bonds. The van der Waals surface area contributed by atoms with Crippen molar-refractivity contribution in [3.63, 3.8) is 0 Å². The summed E-state index contributed by atoms with van der Waals surface area (Å²) in [7, 11) is 0. The highest BCUT2D eigenvalue weighted by molar-refractivity contribution is 5.69. The number of hydrogen-bond donors (Lipinski definition) is 0. The first-order valence-corrected chi connectivity index (χ1v) is 9.54. The molecule has 0 spiro atoms. The van der Waals surface area contributed by atoms with Crippen molar-refractivity contribution < 1.29 is 28.5 Å². The van der Waals surface area contributed by atoms with Gasteiger partial charge in [-0.3, -0.25) is 9.59 Å². The fraction of sp³-hybridized carbons (Fsp3) is 0.895. The predicted octanol–water partition coefficient (Wildman–Crippen LogP) is 3.75. The molecule has 0 saturated carbocycles. The minimum absolute atomic E-state index is 0.0415. The largest absolute Gasteiger partial charge is 0.466 e. The normalized spacial score (nSPS) is 21.9. The van der Waals surface area contributed by atoms with Crippen molar-refractivity contribution in [1.82, 2.24) is 0 Å². The van der Waals surface area contributed by atoms with Gasteiger partial charge in [-0.25, -0.2) is 0 Å². The van der Waals surface area contributed by atoms with Gasteiger partial charge in [0.1, 0.15) is 0 Å². The Hall–Kier alpha value is -1.14. The lowest BCUT2D eigenvalue weighted by atomic mass is 10.0. The summed E-state index contributed by atoms with van der Waals surface area (Å²) in [4.78, 5) is 22.7. The van der Waals surface area contributed by atoms with Gasteiger partial charge in [-0.2, -0.15) is 0 Å². The Morgan fingerprint density at radius 1 is 0.800 bits per heavy atom.